The maximum absolute atomic E-state index is 12.9. The molecule has 1 unspecified atom stereocenters. The van der Waals surface area contributed by atoms with Crippen LogP contribution in [0.15, 0.2) is 0 Å². The van der Waals surface area contributed by atoms with Gasteiger partial charge in [0.2, 0.25) is 0 Å². The van der Waals surface area contributed by atoms with E-state index in [1.54, 1.807) is 26.3 Å². The molecule has 144 valence electrons. The van der Waals surface area contributed by atoms with Crippen LogP contribution in [0.25, 0.3) is 0 Å². The summed E-state index contributed by atoms with van der Waals surface area (Å²) < 4.78 is 5.41. The number of carbonyl (C=O) groups is 3. The fourth-order valence-corrected chi connectivity index (χ4v) is 2.66. The van der Waals surface area contributed by atoms with Crippen LogP contribution in [0.2, 0.25) is 0 Å². The first-order valence-corrected chi connectivity index (χ1v) is 8.76. The zero-order chi connectivity index (χ0) is 19.2. The Morgan fingerprint density at radius 3 is 2.48 bits per heavy atom. The first-order valence-electron chi connectivity index (χ1n) is 8.76. The normalized spacial score (nSPS) is 17.6. The Balaban J connectivity index is 2.85. The Labute approximate surface area is 149 Å². The van der Waals surface area contributed by atoms with E-state index in [0.717, 1.165) is 6.42 Å². The molecule has 1 atom stereocenters. The molecule has 3 amide bonds. The van der Waals surface area contributed by atoms with Gasteiger partial charge in [-0.25, -0.2) is 15.1 Å². The molecular formula is C17H31N3O5. The first-order chi connectivity index (χ1) is 11.5. The van der Waals surface area contributed by atoms with Crippen molar-refractivity contribution in [1.82, 2.24) is 15.3 Å². The van der Waals surface area contributed by atoms with E-state index in [1.165, 1.54) is 9.80 Å². The Kier molecular flexibility index (Phi) is 7.66. The highest BCUT2D eigenvalue weighted by atomic mass is 16.6. The third-order valence-corrected chi connectivity index (χ3v) is 3.88. The summed E-state index contributed by atoms with van der Waals surface area (Å²) in [4.78, 5) is 39.6. The van der Waals surface area contributed by atoms with Crippen molar-refractivity contribution in [3.05, 3.63) is 0 Å². The number of hydroxylamine groups is 1. The molecule has 0 aromatic rings. The second kappa shape index (κ2) is 9.03. The second-order valence-corrected chi connectivity index (χ2v) is 7.81. The molecule has 0 saturated carbocycles. The van der Waals surface area contributed by atoms with Crippen molar-refractivity contribution in [2.45, 2.75) is 65.5 Å². The van der Waals surface area contributed by atoms with Gasteiger partial charge in [-0.2, -0.15) is 0 Å². The van der Waals surface area contributed by atoms with Crippen molar-refractivity contribution in [1.29, 1.82) is 0 Å². The van der Waals surface area contributed by atoms with E-state index in [9.17, 15) is 14.4 Å². The van der Waals surface area contributed by atoms with Gasteiger partial charge < -0.3 is 14.5 Å². The number of carbonyl (C=O) groups excluding carboxylic acids is 3. The molecule has 1 saturated heterocycles. The van der Waals surface area contributed by atoms with E-state index in [1.807, 2.05) is 13.8 Å². The maximum Gasteiger partial charge on any atom is 0.329 e. The zero-order valence-corrected chi connectivity index (χ0v) is 15.9. The van der Waals surface area contributed by atoms with Crippen LogP contribution in [0.1, 0.15) is 53.9 Å². The smallest absolute Gasteiger partial charge is 0.329 e. The van der Waals surface area contributed by atoms with Gasteiger partial charge in [0.15, 0.2) is 0 Å². The molecule has 0 radical (unpaired) electrons. The largest absolute Gasteiger partial charge is 0.458 e. The van der Waals surface area contributed by atoms with Crippen LogP contribution in [0.4, 0.5) is 4.79 Å². The molecule has 0 spiro atoms. The Morgan fingerprint density at radius 1 is 1.32 bits per heavy atom. The third kappa shape index (κ3) is 6.89. The number of likely N-dealkylation sites (tertiary alicyclic amines) is 1. The molecule has 0 aliphatic carbocycles. The summed E-state index contributed by atoms with van der Waals surface area (Å²) in [7, 11) is 0. The third-order valence-electron chi connectivity index (χ3n) is 3.88. The van der Waals surface area contributed by atoms with Gasteiger partial charge in [-0.1, -0.05) is 13.8 Å². The van der Waals surface area contributed by atoms with Gasteiger partial charge in [0.05, 0.1) is 0 Å². The lowest BCUT2D eigenvalue weighted by Gasteiger charge is -2.32. The van der Waals surface area contributed by atoms with Crippen LogP contribution < -0.4 is 5.48 Å². The standard InChI is InChI=1S/C17H31N3O5/c1-12(2)8-10-19(11-14(21)18-24)16(23)20-9-6-7-13(20)15(22)25-17(3,4)5/h12-13,24H,6-11H2,1-5H3,(H,18,21). The van der Waals surface area contributed by atoms with Gasteiger partial charge >= 0.3 is 12.0 Å². The summed E-state index contributed by atoms with van der Waals surface area (Å²) in [6, 6.07) is -1.01. The van der Waals surface area contributed by atoms with Crippen LogP contribution in [-0.4, -0.2) is 64.2 Å². The molecule has 1 fully saturated rings. The average Bonchev–Trinajstić information content (AvgIpc) is 2.98. The summed E-state index contributed by atoms with van der Waals surface area (Å²) >= 11 is 0. The lowest BCUT2D eigenvalue weighted by molar-refractivity contribution is -0.159. The van der Waals surface area contributed by atoms with E-state index < -0.39 is 23.5 Å². The highest BCUT2D eigenvalue weighted by Gasteiger charge is 2.38. The average molecular weight is 357 g/mol. The molecule has 25 heavy (non-hydrogen) atoms. The summed E-state index contributed by atoms with van der Waals surface area (Å²) in [5.74, 6) is -0.730. The molecule has 8 heteroatoms. The van der Waals surface area contributed by atoms with Gasteiger partial charge in [-0.3, -0.25) is 10.0 Å². The van der Waals surface area contributed by atoms with E-state index in [4.69, 9.17) is 9.94 Å². The van der Waals surface area contributed by atoms with Crippen LogP contribution >= 0.6 is 0 Å². The molecule has 0 bridgehead atoms. The van der Waals surface area contributed by atoms with E-state index in [0.29, 0.717) is 31.8 Å². The topological polar surface area (TPSA) is 99.2 Å². The number of hydrogen-bond acceptors (Lipinski definition) is 5. The fraction of sp³-hybridized carbons (Fsp3) is 0.824. The van der Waals surface area contributed by atoms with E-state index in [-0.39, 0.29) is 12.6 Å². The Bertz CT molecular complexity index is 487. The highest BCUT2D eigenvalue weighted by Crippen LogP contribution is 2.23. The highest BCUT2D eigenvalue weighted by molar-refractivity contribution is 5.87. The van der Waals surface area contributed by atoms with E-state index >= 15 is 0 Å². The minimum Gasteiger partial charge on any atom is -0.458 e. The number of hydrogen-bond donors (Lipinski definition) is 2. The van der Waals surface area contributed by atoms with Crippen molar-refractivity contribution in [2.75, 3.05) is 19.6 Å². The first kappa shape index (κ1) is 21.2. The van der Waals surface area contributed by atoms with Crippen molar-refractivity contribution in [3.8, 4) is 0 Å². The number of nitrogens with zero attached hydrogens (tertiary/aromatic N) is 2. The molecule has 1 heterocycles. The molecule has 1 aliphatic heterocycles. The Morgan fingerprint density at radius 2 is 1.96 bits per heavy atom. The summed E-state index contributed by atoms with van der Waals surface area (Å²) in [5, 5.41) is 8.75. The van der Waals surface area contributed by atoms with Crippen LogP contribution in [-0.2, 0) is 14.3 Å². The van der Waals surface area contributed by atoms with Gasteiger partial charge in [0, 0.05) is 13.1 Å². The van der Waals surface area contributed by atoms with Crippen molar-refractivity contribution < 1.29 is 24.3 Å². The molecule has 2 N–H and O–H groups in total. The van der Waals surface area contributed by atoms with Crippen LogP contribution in [0.3, 0.4) is 0 Å². The molecule has 1 aliphatic rings. The number of rotatable bonds is 6. The number of nitrogens with one attached hydrogen (secondary N) is 1. The zero-order valence-electron chi connectivity index (χ0n) is 15.9. The van der Waals surface area contributed by atoms with Crippen LogP contribution in [0, 0.1) is 5.92 Å². The van der Waals surface area contributed by atoms with Gasteiger partial charge in [0.25, 0.3) is 5.91 Å². The van der Waals surface area contributed by atoms with Gasteiger partial charge in [-0.05, 0) is 46.0 Å². The van der Waals surface area contributed by atoms with Gasteiger partial charge in [-0.15, -0.1) is 0 Å². The van der Waals surface area contributed by atoms with E-state index in [2.05, 4.69) is 0 Å². The second-order valence-electron chi connectivity index (χ2n) is 7.81. The molecule has 8 nitrogen and oxygen atoms in total. The number of ether oxygens (including phenoxy) is 1. The monoisotopic (exact) mass is 357 g/mol. The van der Waals surface area contributed by atoms with Crippen molar-refractivity contribution in [3.63, 3.8) is 0 Å². The molecule has 0 aromatic heterocycles. The SMILES string of the molecule is CC(C)CCN(CC(=O)NO)C(=O)N1CCCC1C(=O)OC(C)(C)C. The summed E-state index contributed by atoms with van der Waals surface area (Å²) in [6.07, 6.45) is 1.97. The minimum absolute atomic E-state index is 0.250. The van der Waals surface area contributed by atoms with Crippen molar-refractivity contribution in [2.24, 2.45) is 5.92 Å². The molecule has 1 rings (SSSR count). The maximum atomic E-state index is 12.9. The Hall–Kier alpha value is -1.83. The molecular weight excluding hydrogens is 326 g/mol. The predicted octanol–water partition coefficient (Wildman–Crippen LogP) is 1.77. The summed E-state index contributed by atoms with van der Waals surface area (Å²) in [5.41, 5.74) is 0.928. The minimum atomic E-state index is -0.662. The van der Waals surface area contributed by atoms with Crippen molar-refractivity contribution >= 4 is 17.9 Å². The lowest BCUT2D eigenvalue weighted by atomic mass is 10.1. The number of urea groups is 1. The lowest BCUT2D eigenvalue weighted by Crippen LogP contribution is -2.51. The van der Waals surface area contributed by atoms with Gasteiger partial charge in [0.1, 0.15) is 18.2 Å². The quantitative estimate of drug-likeness (QED) is 0.429. The number of amides is 3. The molecule has 0 aromatic carbocycles. The number of esters is 1. The predicted molar refractivity (Wildman–Crippen MR) is 91.9 cm³/mol. The fourth-order valence-electron chi connectivity index (χ4n) is 2.66. The van der Waals surface area contributed by atoms with Crippen LogP contribution in [0.5, 0.6) is 0 Å². The summed E-state index contributed by atoms with van der Waals surface area (Å²) in [6.45, 7) is 9.97.